The predicted molar refractivity (Wildman–Crippen MR) is 203 cm³/mol. The number of aliphatic hydroxyl groups excluding tert-OH is 2. The molecule has 6 atom stereocenters. The molecule has 2 heterocycles. The Bertz CT molecular complexity index is 1580. The molecule has 0 radical (unpaired) electrons. The number of rotatable bonds is 24. The Balaban J connectivity index is 1.45. The first-order chi connectivity index (χ1) is 25.2. The van der Waals surface area contributed by atoms with Gasteiger partial charge in [0.05, 0.1) is 18.8 Å². The molecule has 1 fully saturated rings. The molecule has 1 aromatic rings. The Morgan fingerprint density at radius 1 is 1.13 bits per heavy atom. The van der Waals surface area contributed by atoms with Crippen LogP contribution in [0.15, 0.2) is 31.0 Å². The number of fused-ring (bicyclic) bond motifs is 1. The minimum Gasteiger partial charge on any atom is -0.465 e. The van der Waals surface area contributed by atoms with Gasteiger partial charge in [-0.1, -0.05) is 38.8 Å². The van der Waals surface area contributed by atoms with E-state index in [1.807, 2.05) is 19.1 Å². The van der Waals surface area contributed by atoms with Gasteiger partial charge >= 0.3 is 11.9 Å². The highest BCUT2D eigenvalue weighted by atomic mass is 32.3. The Morgan fingerprint density at radius 3 is 2.60 bits per heavy atom. The number of nitrogens with zero attached hydrogens (tertiary/aromatic N) is 2. The van der Waals surface area contributed by atoms with Crippen molar-refractivity contribution in [3.63, 3.8) is 0 Å². The molecule has 3 N–H and O–H groups in total. The van der Waals surface area contributed by atoms with Gasteiger partial charge in [-0.15, -0.1) is 11.3 Å². The summed E-state index contributed by atoms with van der Waals surface area (Å²) in [6.45, 7) is 6.69. The van der Waals surface area contributed by atoms with Gasteiger partial charge in [-0.25, -0.2) is 8.42 Å². The lowest BCUT2D eigenvalue weighted by Gasteiger charge is -2.32. The molecule has 302 valence electrons. The lowest BCUT2D eigenvalue weighted by Crippen LogP contribution is -2.43. The third kappa shape index (κ3) is 13.8. The molecule has 1 aliphatic heterocycles. The summed E-state index contributed by atoms with van der Waals surface area (Å²) >= 11 is 0.686. The summed E-state index contributed by atoms with van der Waals surface area (Å²) in [5.41, 5.74) is 0.416. The Labute approximate surface area is 319 Å². The monoisotopic (exact) mass is 805 g/mol. The number of hydrogen-bond donors (Lipinski definition) is 3. The van der Waals surface area contributed by atoms with Crippen molar-refractivity contribution in [3.05, 3.63) is 23.8 Å². The smallest absolute Gasteiger partial charge is 0.305 e. The number of methoxy groups -OCH3 is 1. The molecule has 1 saturated carbocycles. The van der Waals surface area contributed by atoms with Crippen molar-refractivity contribution in [1.82, 2.24) is 9.62 Å². The summed E-state index contributed by atoms with van der Waals surface area (Å²) in [5, 5.41) is 24.3. The van der Waals surface area contributed by atoms with Gasteiger partial charge in [0.2, 0.25) is 0 Å². The average Bonchev–Trinajstić information content (AvgIpc) is 3.69. The van der Waals surface area contributed by atoms with Gasteiger partial charge in [-0.2, -0.15) is 17.1 Å². The minimum absolute atomic E-state index is 0.00806. The van der Waals surface area contributed by atoms with E-state index in [9.17, 15) is 36.6 Å². The quantitative estimate of drug-likeness (QED) is 0.0573. The minimum atomic E-state index is -4.18. The maximum absolute atomic E-state index is 13.3. The standard InChI is InChI=1S/C36H59N3O11S3/c1-5-7-14-27(41)17-18-28-29(33(24-32(28)42)50-26(3)40)15-10-8-9-11-16-34(43)49-22-12-19-38-52(44,45)35-23-30-31(37-6-2)25-39(20-13-21-48-4)53(46,47)36(30)51-35/h8,10,19,23,27-29,31-33,37,41-42H,5-7,9,11-18,20-22,24-25H2,1-4H3/b10-8-,38-19?/t27-,28+,29+,31-,32+,33-/m0/s1. The molecule has 0 spiro atoms. The van der Waals surface area contributed by atoms with E-state index in [2.05, 4.69) is 16.6 Å². The molecule has 0 saturated heterocycles. The zero-order valence-electron chi connectivity index (χ0n) is 31.5. The molecule has 2 aliphatic rings. The van der Waals surface area contributed by atoms with Crippen LogP contribution in [0.5, 0.6) is 0 Å². The molecule has 0 unspecified atom stereocenters. The molecular weight excluding hydrogens is 747 g/mol. The molecule has 14 nitrogen and oxygen atoms in total. The SMILES string of the molecule is CCCC[C@H](O)CC[C@@H]1[C@@H](C/C=C\CCCC(=O)OCCC=NS(=O)(=O)c2cc3c(s2)S(=O)(=O)N(CCCOC)C[C@@H]3NCC)[C@@H](OC(C)=O)C[C@H]1O. The summed E-state index contributed by atoms with van der Waals surface area (Å²) < 4.78 is 73.4. The summed E-state index contributed by atoms with van der Waals surface area (Å²) in [7, 11) is -6.52. The lowest BCUT2D eigenvalue weighted by molar-refractivity contribution is -0.148. The number of carbonyl (C=O) groups is 2. The number of allylic oxidation sites excluding steroid dienone is 2. The number of unbranched alkanes of at least 4 members (excludes halogenated alkanes) is 2. The van der Waals surface area contributed by atoms with E-state index in [1.165, 1.54) is 17.3 Å². The van der Waals surface area contributed by atoms with Crippen LogP contribution in [0.4, 0.5) is 0 Å². The van der Waals surface area contributed by atoms with Crippen LogP contribution in [-0.4, -0.2) is 108 Å². The van der Waals surface area contributed by atoms with Crippen molar-refractivity contribution in [1.29, 1.82) is 0 Å². The molecule has 0 aromatic carbocycles. The van der Waals surface area contributed by atoms with E-state index in [0.29, 0.717) is 75.0 Å². The molecular formula is C36H59N3O11S3. The molecule has 1 aliphatic carbocycles. The van der Waals surface area contributed by atoms with Crippen LogP contribution in [-0.2, 0) is 43.8 Å². The number of aliphatic hydroxyl groups is 2. The topological polar surface area (TPSA) is 198 Å². The van der Waals surface area contributed by atoms with Crippen LogP contribution in [0.3, 0.4) is 0 Å². The Morgan fingerprint density at radius 2 is 1.91 bits per heavy atom. The number of sulfonamides is 2. The first-order valence-electron chi connectivity index (χ1n) is 18.7. The van der Waals surface area contributed by atoms with Gasteiger partial charge in [0.25, 0.3) is 20.0 Å². The number of esters is 2. The number of hydrogen-bond acceptors (Lipinski definition) is 13. The highest BCUT2D eigenvalue weighted by molar-refractivity contribution is 7.94. The van der Waals surface area contributed by atoms with Crippen LogP contribution in [0.2, 0.25) is 0 Å². The second kappa shape index (κ2) is 22.3. The van der Waals surface area contributed by atoms with E-state index in [4.69, 9.17) is 14.2 Å². The summed E-state index contributed by atoms with van der Waals surface area (Å²) in [5.74, 6) is -0.956. The fraction of sp³-hybridized carbons (Fsp3) is 0.750. The number of thiophene rings is 1. The summed E-state index contributed by atoms with van der Waals surface area (Å²) in [4.78, 5) is 24.0. The third-order valence-electron chi connectivity index (χ3n) is 9.59. The Kier molecular flexibility index (Phi) is 19.0. The third-order valence-corrected chi connectivity index (χ3v) is 14.9. The highest BCUT2D eigenvalue weighted by Gasteiger charge is 2.43. The molecule has 1 aromatic heterocycles. The van der Waals surface area contributed by atoms with Crippen LogP contribution >= 0.6 is 11.3 Å². The van der Waals surface area contributed by atoms with E-state index in [-0.39, 0.29) is 70.9 Å². The van der Waals surface area contributed by atoms with Gasteiger partial charge in [0, 0.05) is 76.7 Å². The van der Waals surface area contributed by atoms with Crippen molar-refractivity contribution in [2.75, 3.05) is 40.0 Å². The van der Waals surface area contributed by atoms with Gasteiger partial charge < -0.3 is 29.7 Å². The van der Waals surface area contributed by atoms with E-state index in [0.717, 1.165) is 25.5 Å². The van der Waals surface area contributed by atoms with Crippen LogP contribution in [0.25, 0.3) is 0 Å². The second-order valence-electron chi connectivity index (χ2n) is 13.7. The van der Waals surface area contributed by atoms with Crippen molar-refractivity contribution in [2.24, 2.45) is 16.2 Å². The lowest BCUT2D eigenvalue weighted by atomic mass is 9.85. The van der Waals surface area contributed by atoms with E-state index < -0.39 is 38.2 Å². The zero-order valence-corrected chi connectivity index (χ0v) is 33.9. The van der Waals surface area contributed by atoms with Crippen LogP contribution in [0, 0.1) is 11.8 Å². The number of nitrogens with one attached hydrogen (secondary N) is 1. The molecule has 53 heavy (non-hydrogen) atoms. The first kappa shape index (κ1) is 45.1. The second-order valence-corrected chi connectivity index (χ2v) is 18.7. The fourth-order valence-corrected chi connectivity index (χ4v) is 11.7. The molecule has 0 bridgehead atoms. The maximum Gasteiger partial charge on any atom is 0.305 e. The molecule has 3 rings (SSSR count). The van der Waals surface area contributed by atoms with E-state index >= 15 is 0 Å². The molecule has 17 heteroatoms. The predicted octanol–water partition coefficient (Wildman–Crippen LogP) is 4.51. The van der Waals surface area contributed by atoms with Crippen molar-refractivity contribution < 1.29 is 50.8 Å². The van der Waals surface area contributed by atoms with Gasteiger partial charge in [-0.05, 0) is 63.5 Å². The molecule has 0 amide bonds. The normalized spacial score (nSPS) is 23.8. The fourth-order valence-electron chi connectivity index (χ4n) is 6.91. The van der Waals surface area contributed by atoms with Crippen molar-refractivity contribution in [2.45, 2.75) is 131 Å². The summed E-state index contributed by atoms with van der Waals surface area (Å²) in [6.07, 6.45) is 10.5. The largest absolute Gasteiger partial charge is 0.465 e. The number of likely N-dealkylation sites (N-methyl/N-ethyl adjacent to an activating group) is 1. The van der Waals surface area contributed by atoms with Crippen molar-refractivity contribution in [3.8, 4) is 0 Å². The Hall–Kier alpha value is -2.25. The van der Waals surface area contributed by atoms with Crippen molar-refractivity contribution >= 4 is 49.5 Å². The summed E-state index contributed by atoms with van der Waals surface area (Å²) in [6, 6.07) is 1.02. The number of carbonyl (C=O) groups excluding carboxylic acids is 2. The van der Waals surface area contributed by atoms with Crippen LogP contribution in [0.1, 0.15) is 109 Å². The maximum atomic E-state index is 13.3. The van der Waals surface area contributed by atoms with Gasteiger partial charge in [-0.3, -0.25) is 9.59 Å². The van der Waals surface area contributed by atoms with E-state index in [1.54, 1.807) is 7.11 Å². The van der Waals surface area contributed by atoms with Crippen LogP contribution < -0.4 is 5.32 Å². The first-order valence-corrected chi connectivity index (χ1v) is 22.4. The van der Waals surface area contributed by atoms with Gasteiger partial charge in [0.15, 0.2) is 0 Å². The van der Waals surface area contributed by atoms with Gasteiger partial charge in [0.1, 0.15) is 14.5 Å². The zero-order chi connectivity index (χ0) is 39.0. The number of ether oxygens (including phenoxy) is 3. The average molecular weight is 806 g/mol. The highest BCUT2D eigenvalue weighted by Crippen LogP contribution is 2.42.